The number of carbonyl (C=O) groups is 1. The second-order valence-electron chi connectivity index (χ2n) is 5.72. The highest BCUT2D eigenvalue weighted by Crippen LogP contribution is 2.24. The van der Waals surface area contributed by atoms with Crippen molar-refractivity contribution in [3.63, 3.8) is 0 Å². The highest BCUT2D eigenvalue weighted by atomic mass is 79.9. The van der Waals surface area contributed by atoms with E-state index in [2.05, 4.69) is 27.9 Å². The number of likely N-dealkylation sites (tertiary alicyclic amines) is 1. The molecule has 1 aliphatic rings. The summed E-state index contributed by atoms with van der Waals surface area (Å²) < 4.78 is 6.22. The van der Waals surface area contributed by atoms with Crippen LogP contribution in [0.5, 0.6) is 0 Å². The van der Waals surface area contributed by atoms with Crippen LogP contribution in [0, 0.1) is 6.92 Å². The molecule has 0 amide bonds. The number of rotatable bonds is 4. The molecule has 116 valence electrons. The van der Waals surface area contributed by atoms with E-state index in [0.29, 0.717) is 23.9 Å². The maximum Gasteiger partial charge on any atom is 0.338 e. The summed E-state index contributed by atoms with van der Waals surface area (Å²) in [5, 5.41) is 0. The quantitative estimate of drug-likeness (QED) is 0.665. The zero-order valence-corrected chi connectivity index (χ0v) is 14.3. The van der Waals surface area contributed by atoms with E-state index in [1.54, 1.807) is 12.1 Å². The Kier molecular flexibility index (Phi) is 5.65. The first kappa shape index (κ1) is 16.3. The third-order valence-electron chi connectivity index (χ3n) is 4.24. The normalized spacial score (nSPS) is 19.5. The standard InChI is InChI=1S/C16H23BrN2O2/c1-11-14(9-12(17)10-15(11)18)16(20)21-8-6-13-5-3-4-7-19(13)2/h9-10,13H,3-8,18H2,1-2H3. The van der Waals surface area contributed by atoms with Crippen molar-refractivity contribution >= 4 is 27.6 Å². The van der Waals surface area contributed by atoms with Crippen molar-refractivity contribution < 1.29 is 9.53 Å². The first-order valence-electron chi connectivity index (χ1n) is 7.42. The SMILES string of the molecule is Cc1c(N)cc(Br)cc1C(=O)OCCC1CCCCN1C. The molecule has 1 aromatic carbocycles. The van der Waals surface area contributed by atoms with Gasteiger partial charge in [0.1, 0.15) is 0 Å². The van der Waals surface area contributed by atoms with Gasteiger partial charge in [-0.15, -0.1) is 0 Å². The number of benzene rings is 1. The lowest BCUT2D eigenvalue weighted by Crippen LogP contribution is -2.37. The molecule has 1 fully saturated rings. The van der Waals surface area contributed by atoms with Gasteiger partial charge in [-0.3, -0.25) is 0 Å². The molecule has 0 saturated carbocycles. The predicted molar refractivity (Wildman–Crippen MR) is 88.5 cm³/mol. The zero-order valence-electron chi connectivity index (χ0n) is 12.7. The Bertz CT molecular complexity index is 519. The number of piperidine rings is 1. The molecule has 0 bridgehead atoms. The Balaban J connectivity index is 1.90. The number of carbonyl (C=O) groups excluding carboxylic acids is 1. The number of nitrogens with two attached hydrogens (primary N) is 1. The van der Waals surface area contributed by atoms with Crippen molar-refractivity contribution in [1.82, 2.24) is 4.90 Å². The molecule has 5 heteroatoms. The summed E-state index contributed by atoms with van der Waals surface area (Å²) in [6, 6.07) is 4.09. The van der Waals surface area contributed by atoms with Crippen LogP contribution in [0.3, 0.4) is 0 Å². The summed E-state index contributed by atoms with van der Waals surface area (Å²) in [6.45, 7) is 3.44. The largest absolute Gasteiger partial charge is 0.462 e. The van der Waals surface area contributed by atoms with Crippen LogP contribution in [-0.4, -0.2) is 37.1 Å². The molecule has 0 spiro atoms. The van der Waals surface area contributed by atoms with Crippen LogP contribution >= 0.6 is 15.9 Å². The number of hydrogen-bond acceptors (Lipinski definition) is 4. The molecule has 1 aliphatic heterocycles. The number of anilines is 1. The van der Waals surface area contributed by atoms with Crippen LogP contribution in [0.25, 0.3) is 0 Å². The molecule has 4 nitrogen and oxygen atoms in total. The van der Waals surface area contributed by atoms with Gasteiger partial charge in [0.05, 0.1) is 12.2 Å². The average molecular weight is 355 g/mol. The van der Waals surface area contributed by atoms with Gasteiger partial charge >= 0.3 is 5.97 Å². The number of nitrogen functional groups attached to an aromatic ring is 1. The topological polar surface area (TPSA) is 55.6 Å². The van der Waals surface area contributed by atoms with Gasteiger partial charge in [0, 0.05) is 16.2 Å². The number of nitrogens with zero attached hydrogens (tertiary/aromatic N) is 1. The summed E-state index contributed by atoms with van der Waals surface area (Å²) >= 11 is 3.36. The van der Waals surface area contributed by atoms with E-state index in [1.165, 1.54) is 19.3 Å². The van der Waals surface area contributed by atoms with E-state index in [1.807, 2.05) is 6.92 Å². The fourth-order valence-corrected chi connectivity index (χ4v) is 3.26. The Morgan fingerprint density at radius 3 is 2.95 bits per heavy atom. The predicted octanol–water partition coefficient (Wildman–Crippen LogP) is 3.37. The van der Waals surface area contributed by atoms with Gasteiger partial charge in [-0.1, -0.05) is 22.4 Å². The van der Waals surface area contributed by atoms with Crippen molar-refractivity contribution in [2.75, 3.05) is 25.9 Å². The molecule has 0 aromatic heterocycles. The van der Waals surface area contributed by atoms with E-state index in [4.69, 9.17) is 10.5 Å². The van der Waals surface area contributed by atoms with Crippen LogP contribution in [0.4, 0.5) is 5.69 Å². The lowest BCUT2D eigenvalue weighted by atomic mass is 10.0. The Labute approximate surface area is 134 Å². The molecule has 2 rings (SSSR count). The highest BCUT2D eigenvalue weighted by Gasteiger charge is 2.20. The second kappa shape index (κ2) is 7.27. The molecule has 1 heterocycles. The zero-order chi connectivity index (χ0) is 15.4. The Hall–Kier alpha value is -1.07. The minimum absolute atomic E-state index is 0.293. The summed E-state index contributed by atoms with van der Waals surface area (Å²) in [6.07, 6.45) is 4.62. The van der Waals surface area contributed by atoms with Crippen LogP contribution in [0.2, 0.25) is 0 Å². The molecule has 0 aliphatic carbocycles. The molecular weight excluding hydrogens is 332 g/mol. The fraction of sp³-hybridized carbons (Fsp3) is 0.562. The Morgan fingerprint density at radius 2 is 2.24 bits per heavy atom. The molecule has 1 unspecified atom stereocenters. The van der Waals surface area contributed by atoms with Gasteiger partial charge < -0.3 is 15.4 Å². The van der Waals surface area contributed by atoms with Crippen molar-refractivity contribution in [2.45, 2.75) is 38.6 Å². The van der Waals surface area contributed by atoms with Crippen molar-refractivity contribution in [3.05, 3.63) is 27.7 Å². The molecule has 2 N–H and O–H groups in total. The summed E-state index contributed by atoms with van der Waals surface area (Å²) in [5.41, 5.74) is 7.80. The van der Waals surface area contributed by atoms with E-state index in [-0.39, 0.29) is 5.97 Å². The first-order chi connectivity index (χ1) is 9.99. The van der Waals surface area contributed by atoms with Crippen molar-refractivity contribution in [1.29, 1.82) is 0 Å². The van der Waals surface area contributed by atoms with Crippen LogP contribution < -0.4 is 5.73 Å². The maximum atomic E-state index is 12.2. The second-order valence-corrected chi connectivity index (χ2v) is 6.64. The van der Waals surface area contributed by atoms with E-state index in [0.717, 1.165) is 23.0 Å². The first-order valence-corrected chi connectivity index (χ1v) is 8.21. The maximum absolute atomic E-state index is 12.2. The summed E-state index contributed by atoms with van der Waals surface area (Å²) in [7, 11) is 2.14. The third kappa shape index (κ3) is 4.20. The average Bonchev–Trinajstić information content (AvgIpc) is 2.44. The number of ether oxygens (including phenoxy) is 1. The highest BCUT2D eigenvalue weighted by molar-refractivity contribution is 9.10. The minimum atomic E-state index is -0.293. The third-order valence-corrected chi connectivity index (χ3v) is 4.70. The van der Waals surface area contributed by atoms with Gasteiger partial charge in [-0.25, -0.2) is 4.79 Å². The lowest BCUT2D eigenvalue weighted by molar-refractivity contribution is 0.0449. The summed E-state index contributed by atoms with van der Waals surface area (Å²) in [4.78, 5) is 14.5. The Morgan fingerprint density at radius 1 is 1.48 bits per heavy atom. The minimum Gasteiger partial charge on any atom is -0.462 e. The van der Waals surface area contributed by atoms with Crippen molar-refractivity contribution in [2.24, 2.45) is 0 Å². The number of halogens is 1. The van der Waals surface area contributed by atoms with Gasteiger partial charge in [0.25, 0.3) is 0 Å². The monoisotopic (exact) mass is 354 g/mol. The van der Waals surface area contributed by atoms with Crippen molar-refractivity contribution in [3.8, 4) is 0 Å². The van der Waals surface area contributed by atoms with Gasteiger partial charge in [-0.05, 0) is 57.5 Å². The molecular formula is C16H23BrN2O2. The van der Waals surface area contributed by atoms with Crippen LogP contribution in [0.1, 0.15) is 41.6 Å². The van der Waals surface area contributed by atoms with E-state index >= 15 is 0 Å². The van der Waals surface area contributed by atoms with Crippen LogP contribution in [0.15, 0.2) is 16.6 Å². The summed E-state index contributed by atoms with van der Waals surface area (Å²) in [5.74, 6) is -0.293. The molecule has 0 radical (unpaired) electrons. The molecule has 1 aromatic rings. The number of hydrogen-bond donors (Lipinski definition) is 1. The molecule has 1 atom stereocenters. The van der Waals surface area contributed by atoms with Gasteiger partial charge in [-0.2, -0.15) is 0 Å². The van der Waals surface area contributed by atoms with Gasteiger partial charge in [0.15, 0.2) is 0 Å². The smallest absolute Gasteiger partial charge is 0.338 e. The molecule has 21 heavy (non-hydrogen) atoms. The fourth-order valence-electron chi connectivity index (χ4n) is 2.79. The lowest BCUT2D eigenvalue weighted by Gasteiger charge is -2.32. The van der Waals surface area contributed by atoms with E-state index in [9.17, 15) is 4.79 Å². The van der Waals surface area contributed by atoms with Crippen LogP contribution in [-0.2, 0) is 4.74 Å². The molecule has 1 saturated heterocycles. The number of esters is 1. The van der Waals surface area contributed by atoms with E-state index < -0.39 is 0 Å². The van der Waals surface area contributed by atoms with Gasteiger partial charge in [0.2, 0.25) is 0 Å².